The van der Waals surface area contributed by atoms with Crippen molar-refractivity contribution in [1.82, 2.24) is 15.8 Å². The van der Waals surface area contributed by atoms with Gasteiger partial charge in [0, 0.05) is 31.5 Å². The van der Waals surface area contributed by atoms with Gasteiger partial charge < -0.3 is 10.2 Å². The molecule has 1 aromatic carbocycles. The van der Waals surface area contributed by atoms with Crippen LogP contribution in [0.4, 0.5) is 5.69 Å². The van der Waals surface area contributed by atoms with E-state index in [0.29, 0.717) is 6.54 Å². The Morgan fingerprint density at radius 2 is 2.04 bits per heavy atom. The van der Waals surface area contributed by atoms with E-state index < -0.39 is 0 Å². The van der Waals surface area contributed by atoms with Gasteiger partial charge in [-0.25, -0.2) is 5.43 Å². The van der Waals surface area contributed by atoms with E-state index in [1.165, 1.54) is 5.69 Å². The topological polar surface area (TPSA) is 47.6 Å². The Hall–Kier alpha value is -2.53. The Balaban J connectivity index is 1.53. The number of anilines is 1. The molecule has 0 aromatic heterocycles. The minimum Gasteiger partial charge on any atom is -0.372 e. The average Bonchev–Trinajstić information content (AvgIpc) is 3.09. The van der Waals surface area contributed by atoms with Crippen molar-refractivity contribution >= 4 is 11.6 Å². The summed E-state index contributed by atoms with van der Waals surface area (Å²) >= 11 is 0. The molecule has 3 rings (SSSR count). The van der Waals surface area contributed by atoms with Gasteiger partial charge in [-0.2, -0.15) is 0 Å². The van der Waals surface area contributed by atoms with Crippen LogP contribution in [0, 0.1) is 0 Å². The van der Waals surface area contributed by atoms with Crippen molar-refractivity contribution in [2.75, 3.05) is 18.0 Å². The Bertz CT molecular complexity index is 690. The maximum Gasteiger partial charge on any atom is 0.243 e. The van der Waals surface area contributed by atoms with Crippen LogP contribution in [0.15, 0.2) is 60.5 Å². The summed E-state index contributed by atoms with van der Waals surface area (Å²) in [4.78, 5) is 14.7. The molecule has 2 N–H and O–H groups in total. The van der Waals surface area contributed by atoms with Gasteiger partial charge in [-0.15, -0.1) is 0 Å². The zero-order valence-electron chi connectivity index (χ0n) is 14.9. The summed E-state index contributed by atoms with van der Waals surface area (Å²) in [5, 5.41) is 4.87. The van der Waals surface area contributed by atoms with E-state index in [-0.39, 0.29) is 11.9 Å². The predicted octanol–water partition coefficient (Wildman–Crippen LogP) is 2.70. The van der Waals surface area contributed by atoms with Gasteiger partial charge in [0.2, 0.25) is 5.91 Å². The Kier molecular flexibility index (Phi) is 5.56. The number of carbonyl (C=O) groups is 1. The van der Waals surface area contributed by atoms with Crippen LogP contribution in [0.3, 0.4) is 0 Å². The number of nitrogens with zero attached hydrogens (tertiary/aromatic N) is 2. The maximum atomic E-state index is 12.4. The number of fused-ring (bicyclic) bond motifs is 1. The van der Waals surface area contributed by atoms with Crippen molar-refractivity contribution in [3.63, 3.8) is 0 Å². The lowest BCUT2D eigenvalue weighted by Crippen LogP contribution is -2.44. The lowest BCUT2D eigenvalue weighted by molar-refractivity contribution is -0.122. The minimum absolute atomic E-state index is 0.0195. The molecular formula is C20H26N4O. The summed E-state index contributed by atoms with van der Waals surface area (Å²) in [6.45, 7) is 6.97. The largest absolute Gasteiger partial charge is 0.372 e. The number of hydrogen-bond donors (Lipinski definition) is 2. The van der Waals surface area contributed by atoms with Crippen LogP contribution in [-0.2, 0) is 11.3 Å². The number of hydrogen-bond acceptors (Lipinski definition) is 4. The number of hydrazine groups is 1. The van der Waals surface area contributed by atoms with Crippen LogP contribution in [-0.4, -0.2) is 30.0 Å². The summed E-state index contributed by atoms with van der Waals surface area (Å²) < 4.78 is 0. The molecular weight excluding hydrogens is 312 g/mol. The number of benzene rings is 1. The highest BCUT2D eigenvalue weighted by Gasteiger charge is 2.26. The molecule has 1 aromatic rings. The SMILES string of the molecule is CCCN(CC)c1ccc(CNC(=O)C2C=C3C=CC=CN3N2)cc1. The van der Waals surface area contributed by atoms with Crippen molar-refractivity contribution in [3.05, 3.63) is 66.0 Å². The van der Waals surface area contributed by atoms with E-state index >= 15 is 0 Å². The average molecular weight is 338 g/mol. The Labute approximate surface area is 149 Å². The molecule has 0 saturated carbocycles. The molecule has 1 unspecified atom stereocenters. The van der Waals surface area contributed by atoms with Crippen LogP contribution in [0.5, 0.6) is 0 Å². The molecule has 25 heavy (non-hydrogen) atoms. The molecule has 0 spiro atoms. The Morgan fingerprint density at radius 1 is 1.24 bits per heavy atom. The van der Waals surface area contributed by atoms with E-state index in [1.54, 1.807) is 0 Å². The highest BCUT2D eigenvalue weighted by Crippen LogP contribution is 2.18. The highest BCUT2D eigenvalue weighted by molar-refractivity contribution is 5.84. The minimum atomic E-state index is -0.332. The molecule has 132 valence electrons. The third kappa shape index (κ3) is 4.12. The van der Waals surface area contributed by atoms with Gasteiger partial charge in [0.05, 0.1) is 5.70 Å². The highest BCUT2D eigenvalue weighted by atomic mass is 16.2. The molecule has 1 amide bonds. The van der Waals surface area contributed by atoms with Gasteiger partial charge in [0.15, 0.2) is 0 Å². The second-order valence-electron chi connectivity index (χ2n) is 6.23. The van der Waals surface area contributed by atoms with Gasteiger partial charge in [-0.3, -0.25) is 9.80 Å². The molecule has 5 nitrogen and oxygen atoms in total. The molecule has 1 atom stereocenters. The lowest BCUT2D eigenvalue weighted by Gasteiger charge is -2.22. The van der Waals surface area contributed by atoms with Crippen LogP contribution >= 0.6 is 0 Å². The normalized spacial score (nSPS) is 18.1. The van der Waals surface area contributed by atoms with E-state index in [2.05, 4.69) is 53.8 Å². The fourth-order valence-electron chi connectivity index (χ4n) is 3.07. The number of allylic oxidation sites excluding steroid dienone is 3. The quantitative estimate of drug-likeness (QED) is 0.802. The Morgan fingerprint density at radius 3 is 2.72 bits per heavy atom. The zero-order chi connectivity index (χ0) is 17.6. The number of amides is 1. The fraction of sp³-hybridized carbons (Fsp3) is 0.350. The fourth-order valence-corrected chi connectivity index (χ4v) is 3.07. The van der Waals surface area contributed by atoms with Crippen LogP contribution < -0.4 is 15.6 Å². The standard InChI is InChI=1S/C20H26N4O/c1-3-12-23(4-2)17-10-8-16(9-11-17)15-21-20(25)19-14-18-7-5-6-13-24(18)22-19/h5-11,13-14,19,22H,3-4,12,15H2,1-2H3,(H,21,25). The van der Waals surface area contributed by atoms with E-state index in [9.17, 15) is 4.79 Å². The zero-order valence-corrected chi connectivity index (χ0v) is 14.9. The summed E-state index contributed by atoms with van der Waals surface area (Å²) in [6, 6.07) is 8.10. The number of rotatable bonds is 7. The first-order valence-corrected chi connectivity index (χ1v) is 8.95. The second kappa shape index (κ2) is 8.03. The molecule has 5 heteroatoms. The van der Waals surface area contributed by atoms with Crippen LogP contribution in [0.25, 0.3) is 0 Å². The van der Waals surface area contributed by atoms with Crippen LogP contribution in [0.1, 0.15) is 25.8 Å². The van der Waals surface area contributed by atoms with E-state index in [1.807, 2.05) is 35.5 Å². The third-order valence-electron chi connectivity index (χ3n) is 4.43. The van der Waals surface area contributed by atoms with Crippen LogP contribution in [0.2, 0.25) is 0 Å². The first kappa shape index (κ1) is 17.3. The summed E-state index contributed by atoms with van der Waals surface area (Å²) in [6.07, 6.45) is 10.9. The van der Waals surface area contributed by atoms with Gasteiger partial charge in [-0.1, -0.05) is 25.1 Å². The van der Waals surface area contributed by atoms with Gasteiger partial charge in [0.1, 0.15) is 6.04 Å². The molecule has 2 aliphatic rings. The summed E-state index contributed by atoms with van der Waals surface area (Å²) in [7, 11) is 0. The molecule has 0 saturated heterocycles. The predicted molar refractivity (Wildman–Crippen MR) is 102 cm³/mol. The molecule has 0 aliphatic carbocycles. The summed E-state index contributed by atoms with van der Waals surface area (Å²) in [5.74, 6) is -0.0195. The lowest BCUT2D eigenvalue weighted by atomic mass is 10.1. The third-order valence-corrected chi connectivity index (χ3v) is 4.43. The second-order valence-corrected chi connectivity index (χ2v) is 6.23. The maximum absolute atomic E-state index is 12.4. The molecule has 0 radical (unpaired) electrons. The molecule has 2 aliphatic heterocycles. The first-order valence-electron chi connectivity index (χ1n) is 8.95. The van der Waals surface area contributed by atoms with Crippen molar-refractivity contribution in [1.29, 1.82) is 0 Å². The first-order chi connectivity index (χ1) is 12.2. The molecule has 0 bridgehead atoms. The molecule has 0 fully saturated rings. The van der Waals surface area contributed by atoms with Crippen molar-refractivity contribution < 1.29 is 4.79 Å². The van der Waals surface area contributed by atoms with E-state index in [4.69, 9.17) is 0 Å². The van der Waals surface area contributed by atoms with E-state index in [0.717, 1.165) is 30.8 Å². The number of carbonyl (C=O) groups excluding carboxylic acids is 1. The van der Waals surface area contributed by atoms with Gasteiger partial charge in [-0.05, 0) is 49.3 Å². The van der Waals surface area contributed by atoms with Gasteiger partial charge in [0.25, 0.3) is 0 Å². The van der Waals surface area contributed by atoms with Crippen molar-refractivity contribution in [2.24, 2.45) is 0 Å². The summed E-state index contributed by atoms with van der Waals surface area (Å²) in [5.41, 5.74) is 6.50. The van der Waals surface area contributed by atoms with Gasteiger partial charge >= 0.3 is 0 Å². The van der Waals surface area contributed by atoms with Crippen molar-refractivity contribution in [2.45, 2.75) is 32.9 Å². The monoisotopic (exact) mass is 338 g/mol. The number of nitrogens with one attached hydrogen (secondary N) is 2. The van der Waals surface area contributed by atoms with Crippen molar-refractivity contribution in [3.8, 4) is 0 Å². The molecule has 2 heterocycles. The smallest absolute Gasteiger partial charge is 0.243 e.